The molecule has 0 N–H and O–H groups in total. The van der Waals surface area contributed by atoms with Crippen LogP contribution in [0.25, 0.3) is 44.5 Å². The maximum atomic E-state index is 14.3. The third kappa shape index (κ3) is 18.9. The summed E-state index contributed by atoms with van der Waals surface area (Å²) in [6.07, 6.45) is 34.6. The van der Waals surface area contributed by atoms with E-state index >= 15 is 0 Å². The highest BCUT2D eigenvalue weighted by Gasteiger charge is 2.26. The van der Waals surface area contributed by atoms with Gasteiger partial charge in [-0.05, 0) is 129 Å². The Kier molecular flexibility index (Phi) is 27.6. The van der Waals surface area contributed by atoms with Gasteiger partial charge < -0.3 is 0 Å². The van der Waals surface area contributed by atoms with Crippen LogP contribution in [0.5, 0.6) is 0 Å². The Hall–Kier alpha value is -4.66. The monoisotopic (exact) mass is 1010 g/mol. The first-order valence-corrected chi connectivity index (χ1v) is 31.0. The first kappa shape index (κ1) is 58.6. The summed E-state index contributed by atoms with van der Waals surface area (Å²) in [4.78, 5) is 0. The molecular formula is C70H94O3P+. The molecule has 0 fully saturated rings. The molecule has 3 nitrogen and oxygen atoms in total. The van der Waals surface area contributed by atoms with Gasteiger partial charge in [0.05, 0.1) is 0 Å². The van der Waals surface area contributed by atoms with Crippen LogP contribution in [0.3, 0.4) is 0 Å². The fraction of sp³-hybridized carbons (Fsp3) is 0.486. The Bertz CT molecular complexity index is 2350. The smallest absolute Gasteiger partial charge is 0.114 e. The van der Waals surface area contributed by atoms with E-state index in [-0.39, 0.29) is 13.2 Å². The third-order valence-corrected chi connectivity index (χ3v) is 16.0. The third-order valence-electron chi connectivity index (χ3n) is 15.3. The molecule has 0 radical (unpaired) electrons. The van der Waals surface area contributed by atoms with Crippen molar-refractivity contribution < 1.29 is 13.6 Å². The van der Waals surface area contributed by atoms with E-state index in [9.17, 15) is 4.57 Å². The van der Waals surface area contributed by atoms with E-state index in [0.29, 0.717) is 0 Å². The molecule has 0 aliphatic heterocycles. The van der Waals surface area contributed by atoms with Gasteiger partial charge in [-0.1, -0.05) is 290 Å². The minimum absolute atomic E-state index is 0.184. The van der Waals surface area contributed by atoms with E-state index in [1.807, 2.05) is 0 Å². The molecule has 74 heavy (non-hydrogen) atoms. The van der Waals surface area contributed by atoms with E-state index in [4.69, 9.17) is 9.05 Å². The molecule has 0 spiro atoms. The lowest BCUT2D eigenvalue weighted by Crippen LogP contribution is -2.01. The van der Waals surface area contributed by atoms with Crippen LogP contribution in [-0.4, -0.2) is 0 Å². The second kappa shape index (κ2) is 34.8. The van der Waals surface area contributed by atoms with Crippen molar-refractivity contribution in [1.29, 1.82) is 0 Å². The summed E-state index contributed by atoms with van der Waals surface area (Å²) in [5.74, 6) is 0. The first-order chi connectivity index (χ1) is 36.6. The largest absolute Gasteiger partial charge is 0.698 e. The Labute approximate surface area is 451 Å². The molecule has 6 aromatic rings. The first-order valence-electron chi connectivity index (χ1n) is 29.9. The molecule has 0 saturated heterocycles. The van der Waals surface area contributed by atoms with Gasteiger partial charge in [-0.25, -0.2) is 0 Å². The number of hydrogen-bond acceptors (Lipinski definition) is 3. The predicted octanol–water partition coefficient (Wildman–Crippen LogP) is 22.4. The summed E-state index contributed by atoms with van der Waals surface area (Å²) in [6.45, 7) is 9.51. The molecule has 0 bridgehead atoms. The van der Waals surface area contributed by atoms with Crippen LogP contribution in [0.2, 0.25) is 0 Å². The summed E-state index contributed by atoms with van der Waals surface area (Å²) >= 11 is 0. The zero-order valence-electron chi connectivity index (χ0n) is 46.6. The van der Waals surface area contributed by atoms with Crippen molar-refractivity contribution in [1.82, 2.24) is 0 Å². The summed E-state index contributed by atoms with van der Waals surface area (Å²) in [5, 5.41) is 0. The highest BCUT2D eigenvalue weighted by Crippen LogP contribution is 2.43. The summed E-state index contributed by atoms with van der Waals surface area (Å²) in [7, 11) is -2.46. The van der Waals surface area contributed by atoms with Gasteiger partial charge in [-0.2, -0.15) is 0 Å². The normalized spacial score (nSPS) is 11.4. The number of aryl methyl sites for hydroxylation is 4. The minimum Gasteiger partial charge on any atom is -0.114 e. The molecule has 396 valence electrons. The average molecular weight is 1010 g/mol. The van der Waals surface area contributed by atoms with Crippen molar-refractivity contribution in [2.24, 2.45) is 0 Å². The lowest BCUT2D eigenvalue weighted by Gasteiger charge is -2.20. The van der Waals surface area contributed by atoms with Crippen LogP contribution in [0.4, 0.5) is 0 Å². The number of rotatable bonds is 38. The van der Waals surface area contributed by atoms with E-state index in [0.717, 1.165) is 36.8 Å². The van der Waals surface area contributed by atoms with Gasteiger partial charge in [0.1, 0.15) is 13.2 Å². The molecule has 0 amide bonds. The van der Waals surface area contributed by atoms with Crippen molar-refractivity contribution in [3.8, 4) is 44.5 Å². The lowest BCUT2D eigenvalue weighted by atomic mass is 9.85. The van der Waals surface area contributed by atoms with E-state index in [1.54, 1.807) is 0 Å². The van der Waals surface area contributed by atoms with Gasteiger partial charge in [0, 0.05) is 4.57 Å². The van der Waals surface area contributed by atoms with Crippen LogP contribution in [0, 0.1) is 0 Å². The number of hydrogen-bond donors (Lipinski definition) is 0. The van der Waals surface area contributed by atoms with Gasteiger partial charge in [0.15, 0.2) is 0 Å². The number of unbranched alkanes of at least 4 members (excludes halogenated alkanes) is 20. The van der Waals surface area contributed by atoms with Crippen LogP contribution >= 0.6 is 8.25 Å². The average Bonchev–Trinajstić information content (AvgIpc) is 3.44. The van der Waals surface area contributed by atoms with Gasteiger partial charge in [0.25, 0.3) is 0 Å². The molecule has 0 saturated carbocycles. The molecule has 0 atom stereocenters. The predicted molar refractivity (Wildman–Crippen MR) is 320 cm³/mol. The molecular weight excluding hydrogens is 920 g/mol. The van der Waals surface area contributed by atoms with Crippen LogP contribution in [-0.2, 0) is 52.5 Å². The Morgan fingerprint density at radius 2 is 0.514 bits per heavy atom. The fourth-order valence-corrected chi connectivity index (χ4v) is 11.7. The molecule has 0 unspecified atom stereocenters. The molecule has 0 aliphatic rings. The van der Waals surface area contributed by atoms with E-state index in [2.05, 4.69) is 161 Å². The maximum Gasteiger partial charge on any atom is 0.698 e. The van der Waals surface area contributed by atoms with Crippen LogP contribution in [0.1, 0.15) is 215 Å². The summed E-state index contributed by atoms with van der Waals surface area (Å²) in [6, 6.07) is 49.2. The minimum atomic E-state index is -2.46. The molecule has 6 aromatic carbocycles. The van der Waals surface area contributed by atoms with Crippen molar-refractivity contribution in [2.75, 3.05) is 0 Å². The maximum absolute atomic E-state index is 14.3. The van der Waals surface area contributed by atoms with Gasteiger partial charge in [-0.15, -0.1) is 9.05 Å². The quantitative estimate of drug-likeness (QED) is 0.0286. The summed E-state index contributed by atoms with van der Waals surface area (Å²) in [5.41, 5.74) is 17.5. The Balaban J connectivity index is 1.29. The van der Waals surface area contributed by atoms with E-state index < -0.39 is 8.25 Å². The zero-order chi connectivity index (χ0) is 51.8. The number of benzene rings is 6. The van der Waals surface area contributed by atoms with Gasteiger partial charge in [-0.3, -0.25) is 0 Å². The van der Waals surface area contributed by atoms with Crippen molar-refractivity contribution in [3.05, 3.63) is 167 Å². The van der Waals surface area contributed by atoms with Crippen LogP contribution < -0.4 is 0 Å². The second-order valence-corrected chi connectivity index (χ2v) is 22.1. The molecule has 4 heteroatoms. The highest BCUT2D eigenvalue weighted by atomic mass is 31.1. The van der Waals surface area contributed by atoms with Crippen molar-refractivity contribution in [2.45, 2.75) is 221 Å². The standard InChI is InChI=1S/C70H94O3P/c1-5-9-13-17-21-25-39-57-43-29-33-49-63(57)67-53-37-47-61(69(67)65-51-35-31-45-59(65)41-27-23-19-15-11-7-3)55-72-74(71)73-56-62-48-38-54-68(64-50-34-30-44-58(64)40-26-22-18-14-10-6-2)70(62)66-52-36-32-46-60(66)42-28-24-20-16-12-8-4/h29-38,43-54H,5-28,39-42,55-56H2,1-4H3/q+1. The van der Waals surface area contributed by atoms with E-state index in [1.165, 1.54) is 221 Å². The Morgan fingerprint density at radius 1 is 0.270 bits per heavy atom. The summed E-state index contributed by atoms with van der Waals surface area (Å²) < 4.78 is 27.0. The van der Waals surface area contributed by atoms with Crippen molar-refractivity contribution in [3.63, 3.8) is 0 Å². The lowest BCUT2D eigenvalue weighted by molar-refractivity contribution is 0.213. The SMILES string of the molecule is CCCCCCCCc1ccccc1-c1cccc(CO[P+](=O)OCc2cccc(-c3ccccc3CCCCCCCC)c2-c2ccccc2CCCCCCCC)c1-c1ccccc1CCCCCCCC. The molecule has 0 heterocycles. The van der Waals surface area contributed by atoms with Crippen LogP contribution in [0.15, 0.2) is 133 Å². The topological polar surface area (TPSA) is 35.5 Å². The second-order valence-electron chi connectivity index (χ2n) is 21.1. The highest BCUT2D eigenvalue weighted by molar-refractivity contribution is 7.33. The molecule has 0 aromatic heterocycles. The fourth-order valence-electron chi connectivity index (χ4n) is 11.2. The van der Waals surface area contributed by atoms with Gasteiger partial charge >= 0.3 is 8.25 Å². The van der Waals surface area contributed by atoms with Gasteiger partial charge in [0.2, 0.25) is 0 Å². The zero-order valence-corrected chi connectivity index (χ0v) is 47.5. The molecule has 6 rings (SSSR count). The molecule has 0 aliphatic carbocycles. The Morgan fingerprint density at radius 3 is 0.838 bits per heavy atom. The van der Waals surface area contributed by atoms with Crippen molar-refractivity contribution >= 4 is 8.25 Å².